The lowest BCUT2D eigenvalue weighted by Gasteiger charge is -2.12. The number of hydrogen-bond donors (Lipinski definition) is 2. The number of nitrogens with one attached hydrogen (secondary N) is 2. The fraction of sp³-hybridized carbons (Fsp3) is 0. The van der Waals surface area contributed by atoms with Gasteiger partial charge < -0.3 is 21.4 Å². The third kappa shape index (κ3) is 0.693. The van der Waals surface area contributed by atoms with Crippen LogP contribution in [-0.2, 0) is 0 Å². The number of nitrogens with zero attached hydrogens (tertiary/aromatic N) is 5. The molecule has 13 heavy (non-hydrogen) atoms. The van der Waals surface area contributed by atoms with Crippen LogP contribution in [-0.4, -0.2) is 19.6 Å². The Bertz CT molecular complexity index is 525. The van der Waals surface area contributed by atoms with Crippen LogP contribution in [0, 0.1) is 0 Å². The van der Waals surface area contributed by atoms with Crippen molar-refractivity contribution in [2.24, 2.45) is 0 Å². The Morgan fingerprint density at radius 2 is 2.38 bits per heavy atom. The van der Waals surface area contributed by atoms with Crippen molar-refractivity contribution >= 4 is 17.3 Å². The summed E-state index contributed by atoms with van der Waals surface area (Å²) in [5, 5.41) is 2.62. The molecule has 0 amide bonds. The molecule has 0 bridgehead atoms. The Labute approximate surface area is 70.9 Å². The summed E-state index contributed by atoms with van der Waals surface area (Å²) in [6, 6.07) is 0. The predicted octanol–water partition coefficient (Wildman–Crippen LogP) is -0.139. The fourth-order valence-corrected chi connectivity index (χ4v) is 1.14. The quantitative estimate of drug-likeness (QED) is 0.584. The molecule has 8 heteroatoms. The molecule has 2 aromatic rings. The van der Waals surface area contributed by atoms with Gasteiger partial charge in [-0.25, -0.2) is 9.50 Å². The second kappa shape index (κ2) is 1.98. The molecule has 0 spiro atoms. The highest BCUT2D eigenvalue weighted by molar-refractivity contribution is 5.73. The van der Waals surface area contributed by atoms with E-state index in [1.165, 1.54) is 10.8 Å². The van der Waals surface area contributed by atoms with E-state index in [0.29, 0.717) is 0 Å². The van der Waals surface area contributed by atoms with E-state index in [1.54, 1.807) is 0 Å². The summed E-state index contributed by atoms with van der Waals surface area (Å²) in [6.45, 7) is 0. The van der Waals surface area contributed by atoms with Crippen molar-refractivity contribution in [3.63, 3.8) is 0 Å². The number of aromatic amines is 1. The zero-order valence-electron chi connectivity index (χ0n) is 6.22. The van der Waals surface area contributed by atoms with E-state index in [-0.39, 0.29) is 22.8 Å². The SMILES string of the molecule is O=c1c2c(nc3nc[nH]n13)[N-]N[N-]2. The third-order valence-corrected chi connectivity index (χ3v) is 1.71. The maximum atomic E-state index is 11.5. The summed E-state index contributed by atoms with van der Waals surface area (Å²) in [5.74, 6) is 0.559. The minimum Gasteiger partial charge on any atom is -0.616 e. The molecule has 2 N–H and O–H groups in total. The van der Waals surface area contributed by atoms with Crippen LogP contribution in [0.2, 0.25) is 0 Å². The number of hydrogen-bond acceptors (Lipinski definition) is 4. The summed E-state index contributed by atoms with van der Waals surface area (Å²) in [6.07, 6.45) is 1.38. The molecule has 0 fully saturated rings. The number of H-pyrrole nitrogens is 1. The molecule has 0 unspecified atom stereocenters. The smallest absolute Gasteiger partial charge is 0.256 e. The number of aromatic nitrogens is 4. The Kier molecular flexibility index (Phi) is 0.981. The van der Waals surface area contributed by atoms with Crippen LogP contribution in [0.1, 0.15) is 0 Å². The Morgan fingerprint density at radius 1 is 1.46 bits per heavy atom. The van der Waals surface area contributed by atoms with Gasteiger partial charge in [-0.2, -0.15) is 0 Å². The monoisotopic (exact) mass is 177 g/mol. The molecular formula is C5H3N7O-2. The molecule has 8 nitrogen and oxygen atoms in total. The molecule has 3 heterocycles. The third-order valence-electron chi connectivity index (χ3n) is 1.71. The van der Waals surface area contributed by atoms with Gasteiger partial charge in [0, 0.05) is 0 Å². The topological polar surface area (TPSA) is 103 Å². The summed E-state index contributed by atoms with van der Waals surface area (Å²) >= 11 is 0. The van der Waals surface area contributed by atoms with E-state index in [9.17, 15) is 4.79 Å². The van der Waals surface area contributed by atoms with Gasteiger partial charge in [0.25, 0.3) is 5.56 Å². The zero-order chi connectivity index (χ0) is 8.84. The molecule has 0 radical (unpaired) electrons. The van der Waals surface area contributed by atoms with Gasteiger partial charge in [-0.05, 0) is 0 Å². The van der Waals surface area contributed by atoms with Gasteiger partial charge in [0.05, 0.1) is 0 Å². The van der Waals surface area contributed by atoms with Crippen molar-refractivity contribution in [1.29, 1.82) is 0 Å². The predicted molar refractivity (Wildman–Crippen MR) is 42.8 cm³/mol. The van der Waals surface area contributed by atoms with E-state index < -0.39 is 0 Å². The molecule has 1 aliphatic rings. The van der Waals surface area contributed by atoms with Crippen molar-refractivity contribution in [3.8, 4) is 0 Å². The van der Waals surface area contributed by atoms with Gasteiger partial charge in [0.15, 0.2) is 0 Å². The van der Waals surface area contributed by atoms with Crippen LogP contribution >= 0.6 is 0 Å². The lowest BCUT2D eigenvalue weighted by Crippen LogP contribution is -2.14. The molecular weight excluding hydrogens is 174 g/mol. The maximum absolute atomic E-state index is 11.5. The molecule has 1 aliphatic heterocycles. The first-order valence-electron chi connectivity index (χ1n) is 3.49. The van der Waals surface area contributed by atoms with Gasteiger partial charge >= 0.3 is 0 Å². The van der Waals surface area contributed by atoms with Crippen LogP contribution in [0.4, 0.5) is 11.5 Å². The van der Waals surface area contributed by atoms with E-state index >= 15 is 0 Å². The number of rotatable bonds is 0. The highest BCUT2D eigenvalue weighted by Crippen LogP contribution is 2.32. The molecule has 0 saturated heterocycles. The molecule has 3 rings (SSSR count). The average Bonchev–Trinajstić information content (AvgIpc) is 2.71. The molecule has 0 aliphatic carbocycles. The van der Waals surface area contributed by atoms with Crippen LogP contribution in [0.3, 0.4) is 0 Å². The van der Waals surface area contributed by atoms with Crippen molar-refractivity contribution in [3.05, 3.63) is 27.5 Å². The first-order valence-corrected chi connectivity index (χ1v) is 3.49. The summed E-state index contributed by atoms with van der Waals surface area (Å²) in [5.41, 5.74) is 9.57. The highest BCUT2D eigenvalue weighted by atomic mass is 16.1. The Morgan fingerprint density at radius 3 is 3.31 bits per heavy atom. The second-order valence-corrected chi connectivity index (χ2v) is 2.44. The summed E-state index contributed by atoms with van der Waals surface area (Å²) in [7, 11) is 0. The Balaban J connectivity index is 2.53. The zero-order valence-corrected chi connectivity index (χ0v) is 6.22. The normalized spacial score (nSPS) is 13.8. The van der Waals surface area contributed by atoms with Gasteiger partial charge in [-0.1, -0.05) is 11.5 Å². The molecule has 66 valence electrons. The van der Waals surface area contributed by atoms with Crippen LogP contribution in [0.5, 0.6) is 0 Å². The van der Waals surface area contributed by atoms with E-state index in [2.05, 4.69) is 31.5 Å². The van der Waals surface area contributed by atoms with Crippen LogP contribution < -0.4 is 11.1 Å². The van der Waals surface area contributed by atoms with Gasteiger partial charge in [0.1, 0.15) is 12.1 Å². The van der Waals surface area contributed by atoms with Gasteiger partial charge in [-0.3, -0.25) is 9.89 Å². The average molecular weight is 177 g/mol. The lowest BCUT2D eigenvalue weighted by atomic mass is 10.5. The minimum absolute atomic E-state index is 0.196. The maximum Gasteiger partial charge on any atom is 0.256 e. The van der Waals surface area contributed by atoms with Crippen LogP contribution in [0.25, 0.3) is 16.6 Å². The molecule has 0 aromatic carbocycles. The van der Waals surface area contributed by atoms with Crippen molar-refractivity contribution in [2.75, 3.05) is 0 Å². The molecule has 0 saturated carbocycles. The summed E-state index contributed by atoms with van der Waals surface area (Å²) in [4.78, 5) is 19.3. The van der Waals surface area contributed by atoms with Crippen molar-refractivity contribution < 1.29 is 0 Å². The summed E-state index contributed by atoms with van der Waals surface area (Å²) < 4.78 is 1.20. The number of fused-ring (bicyclic) bond motifs is 2. The van der Waals surface area contributed by atoms with Gasteiger partial charge in [0.2, 0.25) is 0 Å². The first-order chi connectivity index (χ1) is 6.36. The second-order valence-electron chi connectivity index (χ2n) is 2.44. The van der Waals surface area contributed by atoms with Gasteiger partial charge in [-0.15, -0.1) is 0 Å². The van der Waals surface area contributed by atoms with E-state index in [0.717, 1.165) is 0 Å². The van der Waals surface area contributed by atoms with E-state index in [4.69, 9.17) is 0 Å². The van der Waals surface area contributed by atoms with Crippen molar-refractivity contribution in [2.45, 2.75) is 0 Å². The standard InChI is InChI=1S/C5H4N7O/c13-4-2-3(10-11-9-2)8-5-6-1-7-12(4)5/h1,11H,(H2,6,7,8,10,13)/q-1/p-1. The minimum atomic E-state index is -0.314. The lowest BCUT2D eigenvalue weighted by molar-refractivity contribution is 0.908. The largest absolute Gasteiger partial charge is 0.616 e. The van der Waals surface area contributed by atoms with Crippen LogP contribution in [0.15, 0.2) is 11.1 Å². The van der Waals surface area contributed by atoms with E-state index in [1.807, 2.05) is 0 Å². The fourth-order valence-electron chi connectivity index (χ4n) is 1.14. The molecule has 0 atom stereocenters. The Hall–Kier alpha value is -2.09. The first kappa shape index (κ1) is 6.43. The van der Waals surface area contributed by atoms with Crippen molar-refractivity contribution in [1.82, 2.24) is 25.1 Å². The molecule has 2 aromatic heterocycles. The highest BCUT2D eigenvalue weighted by Gasteiger charge is 2.01.